The van der Waals surface area contributed by atoms with Crippen LogP contribution in [0.15, 0.2) is 41.8 Å². The van der Waals surface area contributed by atoms with Crippen LogP contribution in [0.3, 0.4) is 0 Å². The molecule has 0 aliphatic heterocycles. The molecule has 0 radical (unpaired) electrons. The van der Waals surface area contributed by atoms with Gasteiger partial charge in [0.25, 0.3) is 0 Å². The fourth-order valence-electron chi connectivity index (χ4n) is 3.81. The largest absolute Gasteiger partial charge is 0.313 e. The van der Waals surface area contributed by atoms with E-state index in [0.717, 1.165) is 12.6 Å². The van der Waals surface area contributed by atoms with Crippen molar-refractivity contribution < 1.29 is 0 Å². The summed E-state index contributed by atoms with van der Waals surface area (Å²) in [5.74, 6) is 0. The van der Waals surface area contributed by atoms with Crippen LogP contribution < -0.4 is 5.32 Å². The van der Waals surface area contributed by atoms with E-state index in [2.05, 4.69) is 47.1 Å². The zero-order valence-electron chi connectivity index (χ0n) is 12.5. The van der Waals surface area contributed by atoms with E-state index in [1.165, 1.54) is 43.4 Å². The van der Waals surface area contributed by atoms with E-state index in [1.807, 2.05) is 11.3 Å². The summed E-state index contributed by atoms with van der Waals surface area (Å²) in [6.07, 6.45) is 7.84. The third-order valence-corrected chi connectivity index (χ3v) is 5.97. The maximum absolute atomic E-state index is 3.83. The van der Waals surface area contributed by atoms with Crippen LogP contribution in [0.1, 0.15) is 41.7 Å². The first-order valence-corrected chi connectivity index (χ1v) is 9.08. The molecule has 0 saturated heterocycles. The first kappa shape index (κ1) is 13.5. The number of nitrogens with one attached hydrogen (secondary N) is 1. The van der Waals surface area contributed by atoms with Crippen molar-refractivity contribution in [2.75, 3.05) is 6.54 Å². The molecule has 2 heteroatoms. The van der Waals surface area contributed by atoms with Gasteiger partial charge in [-0.05, 0) is 61.1 Å². The summed E-state index contributed by atoms with van der Waals surface area (Å²) in [7, 11) is 0. The van der Waals surface area contributed by atoms with Gasteiger partial charge in [-0.15, -0.1) is 11.3 Å². The average Bonchev–Trinajstić information content (AvgIpc) is 3.22. The molecule has 2 aliphatic rings. The molecule has 1 aromatic heterocycles. The molecule has 1 atom stereocenters. The SMILES string of the molecule is c1csc(CC2(CNC3CC3)CCCc3ccccc32)c1. The summed E-state index contributed by atoms with van der Waals surface area (Å²) in [6, 6.07) is 14.4. The van der Waals surface area contributed by atoms with E-state index < -0.39 is 0 Å². The monoisotopic (exact) mass is 297 g/mol. The van der Waals surface area contributed by atoms with Crippen molar-refractivity contribution in [2.45, 2.75) is 50.0 Å². The highest BCUT2D eigenvalue weighted by molar-refractivity contribution is 7.09. The van der Waals surface area contributed by atoms with Gasteiger partial charge in [-0.25, -0.2) is 0 Å². The van der Waals surface area contributed by atoms with Crippen LogP contribution in [0.2, 0.25) is 0 Å². The van der Waals surface area contributed by atoms with Crippen LogP contribution in [-0.2, 0) is 18.3 Å². The van der Waals surface area contributed by atoms with E-state index >= 15 is 0 Å². The van der Waals surface area contributed by atoms with Crippen LogP contribution in [0.5, 0.6) is 0 Å². The van der Waals surface area contributed by atoms with Gasteiger partial charge in [0.1, 0.15) is 0 Å². The maximum Gasteiger partial charge on any atom is 0.0129 e. The zero-order valence-corrected chi connectivity index (χ0v) is 13.3. The van der Waals surface area contributed by atoms with Gasteiger partial charge in [0, 0.05) is 22.9 Å². The van der Waals surface area contributed by atoms with Crippen molar-refractivity contribution >= 4 is 11.3 Å². The number of hydrogen-bond acceptors (Lipinski definition) is 2. The average molecular weight is 297 g/mol. The van der Waals surface area contributed by atoms with Gasteiger partial charge < -0.3 is 5.32 Å². The molecule has 0 spiro atoms. The van der Waals surface area contributed by atoms with E-state index in [-0.39, 0.29) is 0 Å². The predicted octanol–water partition coefficient (Wildman–Crippen LogP) is 4.32. The molecule has 21 heavy (non-hydrogen) atoms. The van der Waals surface area contributed by atoms with E-state index in [0.29, 0.717) is 5.41 Å². The molecule has 1 unspecified atom stereocenters. The third-order valence-electron chi connectivity index (χ3n) is 5.09. The molecular weight excluding hydrogens is 274 g/mol. The van der Waals surface area contributed by atoms with E-state index in [1.54, 1.807) is 11.1 Å². The molecule has 2 aliphatic carbocycles. The molecule has 1 fully saturated rings. The summed E-state index contributed by atoms with van der Waals surface area (Å²) >= 11 is 1.91. The first-order chi connectivity index (χ1) is 10.4. The molecule has 110 valence electrons. The lowest BCUT2D eigenvalue weighted by Crippen LogP contribution is -2.43. The Morgan fingerprint density at radius 3 is 2.86 bits per heavy atom. The Balaban J connectivity index is 1.68. The molecule has 1 nitrogen and oxygen atoms in total. The lowest BCUT2D eigenvalue weighted by Gasteiger charge is -2.39. The second-order valence-corrected chi connectivity index (χ2v) is 7.73. The molecule has 1 heterocycles. The summed E-state index contributed by atoms with van der Waals surface area (Å²) in [5, 5.41) is 6.04. The van der Waals surface area contributed by atoms with Gasteiger partial charge in [-0.3, -0.25) is 0 Å². The second kappa shape index (κ2) is 5.58. The molecule has 1 aromatic carbocycles. The second-order valence-electron chi connectivity index (χ2n) is 6.70. The maximum atomic E-state index is 3.83. The van der Waals surface area contributed by atoms with Crippen LogP contribution >= 0.6 is 11.3 Å². The fourth-order valence-corrected chi connectivity index (χ4v) is 4.66. The van der Waals surface area contributed by atoms with Crippen LogP contribution in [0.4, 0.5) is 0 Å². The molecule has 0 amide bonds. The highest BCUT2D eigenvalue weighted by atomic mass is 32.1. The molecule has 1 N–H and O–H groups in total. The van der Waals surface area contributed by atoms with Crippen molar-refractivity contribution in [3.63, 3.8) is 0 Å². The van der Waals surface area contributed by atoms with E-state index in [4.69, 9.17) is 0 Å². The van der Waals surface area contributed by atoms with Crippen LogP contribution in [0, 0.1) is 0 Å². The fraction of sp³-hybridized carbons (Fsp3) is 0.474. The standard InChI is InChI=1S/C19H23NS/c1-2-8-18-15(5-1)6-3-11-19(18,14-20-16-9-10-16)13-17-7-4-12-21-17/h1-2,4-5,7-8,12,16,20H,3,6,9-11,13-14H2. The molecule has 0 bridgehead atoms. The highest BCUT2D eigenvalue weighted by Crippen LogP contribution is 2.41. The number of hydrogen-bond donors (Lipinski definition) is 1. The molecular formula is C19H23NS. The summed E-state index contributed by atoms with van der Waals surface area (Å²) in [5.41, 5.74) is 3.50. The highest BCUT2D eigenvalue weighted by Gasteiger charge is 2.38. The minimum absolute atomic E-state index is 0.308. The Hall–Kier alpha value is -1.12. The van der Waals surface area contributed by atoms with Gasteiger partial charge >= 0.3 is 0 Å². The van der Waals surface area contributed by atoms with Gasteiger partial charge in [-0.2, -0.15) is 0 Å². The lowest BCUT2D eigenvalue weighted by atomic mass is 9.67. The van der Waals surface area contributed by atoms with Gasteiger partial charge in [0.15, 0.2) is 0 Å². The lowest BCUT2D eigenvalue weighted by molar-refractivity contribution is 0.336. The number of rotatable bonds is 5. The molecule has 1 saturated carbocycles. The molecule has 4 rings (SSSR count). The predicted molar refractivity (Wildman–Crippen MR) is 90.1 cm³/mol. The topological polar surface area (TPSA) is 12.0 Å². The number of aryl methyl sites for hydroxylation is 1. The normalized spacial score (nSPS) is 24.8. The Morgan fingerprint density at radius 2 is 2.05 bits per heavy atom. The van der Waals surface area contributed by atoms with Crippen molar-refractivity contribution in [1.82, 2.24) is 5.32 Å². The first-order valence-electron chi connectivity index (χ1n) is 8.20. The Labute approximate surface area is 131 Å². The Morgan fingerprint density at radius 1 is 1.14 bits per heavy atom. The van der Waals surface area contributed by atoms with E-state index in [9.17, 15) is 0 Å². The quantitative estimate of drug-likeness (QED) is 0.867. The van der Waals surface area contributed by atoms with Crippen molar-refractivity contribution in [2.24, 2.45) is 0 Å². The van der Waals surface area contributed by atoms with Crippen LogP contribution in [0.25, 0.3) is 0 Å². The van der Waals surface area contributed by atoms with Gasteiger partial charge in [0.2, 0.25) is 0 Å². The summed E-state index contributed by atoms with van der Waals surface area (Å²) in [6.45, 7) is 1.15. The number of thiophene rings is 1. The van der Waals surface area contributed by atoms with Crippen molar-refractivity contribution in [1.29, 1.82) is 0 Å². The minimum atomic E-state index is 0.308. The Kier molecular flexibility index (Phi) is 3.60. The van der Waals surface area contributed by atoms with Gasteiger partial charge in [0.05, 0.1) is 0 Å². The number of benzene rings is 1. The van der Waals surface area contributed by atoms with Crippen molar-refractivity contribution in [3.05, 3.63) is 57.8 Å². The zero-order chi connectivity index (χ0) is 14.1. The van der Waals surface area contributed by atoms with Crippen molar-refractivity contribution in [3.8, 4) is 0 Å². The minimum Gasteiger partial charge on any atom is -0.313 e. The third kappa shape index (κ3) is 2.79. The summed E-state index contributed by atoms with van der Waals surface area (Å²) in [4.78, 5) is 1.53. The summed E-state index contributed by atoms with van der Waals surface area (Å²) < 4.78 is 0. The smallest absolute Gasteiger partial charge is 0.0129 e. The van der Waals surface area contributed by atoms with Gasteiger partial charge in [-0.1, -0.05) is 30.3 Å². The molecule has 2 aromatic rings. The van der Waals surface area contributed by atoms with Crippen LogP contribution in [-0.4, -0.2) is 12.6 Å². The number of fused-ring (bicyclic) bond motifs is 1. The Bertz CT molecular complexity index is 600.